The van der Waals surface area contributed by atoms with Crippen molar-refractivity contribution >= 4 is 23.1 Å². The molecule has 96 valence electrons. The summed E-state index contributed by atoms with van der Waals surface area (Å²) in [6, 6.07) is 1.08. The lowest BCUT2D eigenvalue weighted by atomic mass is 10.3. The molecular weight excluding hydrogens is 234 g/mol. The lowest BCUT2D eigenvalue weighted by molar-refractivity contribution is -0.131. The smallest absolute Gasteiger partial charge is 0.236 e. The van der Waals surface area contributed by atoms with Crippen LogP contribution in [0, 0.1) is 0 Å². The maximum absolute atomic E-state index is 12.0. The Morgan fingerprint density at radius 3 is 2.35 bits per heavy atom. The van der Waals surface area contributed by atoms with Gasteiger partial charge in [0, 0.05) is 32.1 Å². The minimum absolute atomic E-state index is 0.238. The number of hydrogen-bond acceptors (Lipinski definition) is 3. The molecule has 0 saturated heterocycles. The number of nitrogens with zero attached hydrogens (tertiary/aromatic N) is 2. The summed E-state index contributed by atoms with van der Waals surface area (Å²) in [5.74, 6) is 0.238. The van der Waals surface area contributed by atoms with Crippen LogP contribution in [0.4, 0.5) is 0 Å². The van der Waals surface area contributed by atoms with Crippen LogP contribution in [-0.2, 0) is 4.79 Å². The van der Waals surface area contributed by atoms with Gasteiger partial charge in [-0.1, -0.05) is 12.2 Å². The van der Waals surface area contributed by atoms with Gasteiger partial charge in [0.05, 0.1) is 11.5 Å². The number of hydrogen-bond donors (Lipinski definition) is 1. The molecule has 2 N–H and O–H groups in total. The van der Waals surface area contributed by atoms with E-state index in [-0.39, 0.29) is 5.91 Å². The van der Waals surface area contributed by atoms with E-state index in [0.717, 1.165) is 6.54 Å². The second-order valence-corrected chi connectivity index (χ2v) is 5.68. The molecule has 0 unspecified atom stereocenters. The molecule has 0 aromatic rings. The molecular formula is C12H21N3OS. The number of amides is 1. The predicted octanol–water partition coefficient (Wildman–Crippen LogP) is 0.748. The normalized spacial score (nSPS) is 19.4. The zero-order valence-corrected chi connectivity index (χ0v) is 11.2. The fourth-order valence-corrected chi connectivity index (χ4v) is 2.13. The van der Waals surface area contributed by atoms with Crippen molar-refractivity contribution in [2.24, 2.45) is 5.73 Å². The van der Waals surface area contributed by atoms with Crippen LogP contribution in [0.1, 0.15) is 32.1 Å². The quantitative estimate of drug-likeness (QED) is 0.682. The number of rotatable bonds is 7. The van der Waals surface area contributed by atoms with E-state index in [4.69, 9.17) is 18.0 Å². The van der Waals surface area contributed by atoms with E-state index < -0.39 is 0 Å². The van der Waals surface area contributed by atoms with Crippen LogP contribution in [-0.4, -0.2) is 52.9 Å². The van der Waals surface area contributed by atoms with E-state index in [9.17, 15) is 4.79 Å². The molecule has 2 rings (SSSR count). The van der Waals surface area contributed by atoms with Gasteiger partial charge in [-0.05, 0) is 25.7 Å². The summed E-state index contributed by atoms with van der Waals surface area (Å²) in [7, 11) is 1.92. The third-order valence-corrected chi connectivity index (χ3v) is 3.74. The first-order valence-electron chi connectivity index (χ1n) is 6.36. The molecule has 0 atom stereocenters. The fourth-order valence-electron chi connectivity index (χ4n) is 2.03. The van der Waals surface area contributed by atoms with Gasteiger partial charge >= 0.3 is 0 Å². The Balaban J connectivity index is 1.79. The SMILES string of the molecule is CN(C(=O)CN(CCC(N)=S)C1CC1)C1CC1. The number of nitrogens with two attached hydrogens (primary N) is 1. The van der Waals surface area contributed by atoms with Gasteiger partial charge in [-0.2, -0.15) is 0 Å². The third-order valence-electron chi connectivity index (χ3n) is 3.54. The van der Waals surface area contributed by atoms with Gasteiger partial charge < -0.3 is 10.6 Å². The molecule has 0 bridgehead atoms. The number of likely N-dealkylation sites (N-methyl/N-ethyl adjacent to an activating group) is 1. The maximum atomic E-state index is 12.0. The second-order valence-electron chi connectivity index (χ2n) is 5.15. The Morgan fingerprint density at radius 2 is 1.88 bits per heavy atom. The Labute approximate surface area is 108 Å². The van der Waals surface area contributed by atoms with Gasteiger partial charge in [-0.25, -0.2) is 0 Å². The standard InChI is InChI=1S/C12H21N3OS/c1-14(9-2-3-9)12(16)8-15(10-4-5-10)7-6-11(13)17/h9-10H,2-8H2,1H3,(H2,13,17). The Morgan fingerprint density at radius 1 is 1.29 bits per heavy atom. The summed E-state index contributed by atoms with van der Waals surface area (Å²) < 4.78 is 0. The van der Waals surface area contributed by atoms with Crippen molar-refractivity contribution in [1.82, 2.24) is 9.80 Å². The molecule has 2 aliphatic carbocycles. The van der Waals surface area contributed by atoms with Crippen LogP contribution in [0.15, 0.2) is 0 Å². The van der Waals surface area contributed by atoms with Gasteiger partial charge in [0.25, 0.3) is 0 Å². The average Bonchev–Trinajstić information content (AvgIpc) is 3.15. The summed E-state index contributed by atoms with van der Waals surface area (Å²) in [6.07, 6.45) is 5.46. The molecule has 0 aromatic carbocycles. The number of carbonyl (C=O) groups excluding carboxylic acids is 1. The molecule has 0 aromatic heterocycles. The zero-order chi connectivity index (χ0) is 12.4. The molecule has 0 aliphatic heterocycles. The molecule has 2 fully saturated rings. The number of thiocarbonyl (C=S) groups is 1. The maximum Gasteiger partial charge on any atom is 0.236 e. The van der Waals surface area contributed by atoms with Gasteiger partial charge in [-0.3, -0.25) is 9.69 Å². The molecule has 5 heteroatoms. The molecule has 0 spiro atoms. The van der Waals surface area contributed by atoms with E-state index in [0.29, 0.717) is 30.0 Å². The first-order valence-corrected chi connectivity index (χ1v) is 6.76. The highest BCUT2D eigenvalue weighted by Gasteiger charge is 2.34. The summed E-state index contributed by atoms with van der Waals surface area (Å²) in [4.78, 5) is 16.7. The van der Waals surface area contributed by atoms with E-state index in [1.54, 1.807) is 0 Å². The Kier molecular flexibility index (Phi) is 3.99. The largest absolute Gasteiger partial charge is 0.393 e. The highest BCUT2D eigenvalue weighted by Crippen LogP contribution is 2.28. The average molecular weight is 255 g/mol. The predicted molar refractivity (Wildman–Crippen MR) is 71.8 cm³/mol. The summed E-state index contributed by atoms with van der Waals surface area (Å²) >= 11 is 4.89. The highest BCUT2D eigenvalue weighted by atomic mass is 32.1. The Bertz CT molecular complexity index is 313. The van der Waals surface area contributed by atoms with E-state index in [2.05, 4.69) is 4.90 Å². The summed E-state index contributed by atoms with van der Waals surface area (Å²) in [6.45, 7) is 1.35. The molecule has 0 radical (unpaired) electrons. The monoisotopic (exact) mass is 255 g/mol. The van der Waals surface area contributed by atoms with E-state index >= 15 is 0 Å². The van der Waals surface area contributed by atoms with Gasteiger partial charge in [0.15, 0.2) is 0 Å². The fraction of sp³-hybridized carbons (Fsp3) is 0.833. The van der Waals surface area contributed by atoms with Crippen LogP contribution < -0.4 is 5.73 Å². The molecule has 2 aliphatic rings. The first-order chi connectivity index (χ1) is 8.08. The van der Waals surface area contributed by atoms with E-state index in [1.165, 1.54) is 25.7 Å². The molecule has 2 saturated carbocycles. The van der Waals surface area contributed by atoms with Crippen molar-refractivity contribution in [3.05, 3.63) is 0 Å². The van der Waals surface area contributed by atoms with Crippen LogP contribution in [0.5, 0.6) is 0 Å². The molecule has 4 nitrogen and oxygen atoms in total. The zero-order valence-electron chi connectivity index (χ0n) is 10.4. The topological polar surface area (TPSA) is 49.6 Å². The summed E-state index contributed by atoms with van der Waals surface area (Å²) in [5.41, 5.74) is 5.52. The van der Waals surface area contributed by atoms with Crippen LogP contribution in [0.2, 0.25) is 0 Å². The van der Waals surface area contributed by atoms with Gasteiger partial charge in [-0.15, -0.1) is 0 Å². The lowest BCUT2D eigenvalue weighted by Gasteiger charge is -2.24. The summed E-state index contributed by atoms with van der Waals surface area (Å²) in [5, 5.41) is 0. The van der Waals surface area contributed by atoms with Crippen molar-refractivity contribution in [1.29, 1.82) is 0 Å². The minimum Gasteiger partial charge on any atom is -0.393 e. The van der Waals surface area contributed by atoms with Crippen molar-refractivity contribution < 1.29 is 4.79 Å². The molecule has 0 heterocycles. The van der Waals surface area contributed by atoms with Crippen LogP contribution in [0.25, 0.3) is 0 Å². The van der Waals surface area contributed by atoms with Crippen molar-refractivity contribution in [3.8, 4) is 0 Å². The first kappa shape index (κ1) is 12.8. The highest BCUT2D eigenvalue weighted by molar-refractivity contribution is 7.80. The van der Waals surface area contributed by atoms with Crippen LogP contribution in [0.3, 0.4) is 0 Å². The Hall–Kier alpha value is -0.680. The molecule has 17 heavy (non-hydrogen) atoms. The van der Waals surface area contributed by atoms with Gasteiger partial charge in [0.2, 0.25) is 5.91 Å². The van der Waals surface area contributed by atoms with Crippen molar-refractivity contribution in [3.63, 3.8) is 0 Å². The molecule has 1 amide bonds. The van der Waals surface area contributed by atoms with E-state index in [1.807, 2.05) is 11.9 Å². The third kappa shape index (κ3) is 3.92. The minimum atomic E-state index is 0.238. The van der Waals surface area contributed by atoms with Crippen LogP contribution >= 0.6 is 12.2 Å². The second kappa shape index (κ2) is 5.31. The van der Waals surface area contributed by atoms with Crippen molar-refractivity contribution in [2.45, 2.75) is 44.2 Å². The van der Waals surface area contributed by atoms with Gasteiger partial charge in [0.1, 0.15) is 0 Å². The lowest BCUT2D eigenvalue weighted by Crippen LogP contribution is -2.41. The van der Waals surface area contributed by atoms with Crippen molar-refractivity contribution in [2.75, 3.05) is 20.1 Å². The number of carbonyl (C=O) groups is 1.